The highest BCUT2D eigenvalue weighted by molar-refractivity contribution is 7.89. The number of phenols is 2. The number of amidine groups is 1. The van der Waals surface area contributed by atoms with Gasteiger partial charge in [0.05, 0.1) is 22.9 Å². The molecule has 0 unspecified atom stereocenters. The smallest absolute Gasteiger partial charge is 0.259 e. The van der Waals surface area contributed by atoms with Gasteiger partial charge in [-0.3, -0.25) is 4.79 Å². The van der Waals surface area contributed by atoms with Crippen LogP contribution in [0.2, 0.25) is 0 Å². The maximum absolute atomic E-state index is 13.0. The molecule has 2 aliphatic rings. The number of nitrogens with zero attached hydrogens (tertiary/aromatic N) is 2. The first-order valence-corrected chi connectivity index (χ1v) is 11.5. The molecule has 0 saturated carbocycles. The van der Waals surface area contributed by atoms with Crippen molar-refractivity contribution in [3.63, 3.8) is 0 Å². The molecular weight excluding hydrogens is 422 g/mol. The van der Waals surface area contributed by atoms with Gasteiger partial charge in [-0.15, -0.1) is 4.40 Å². The number of hydrogen-bond acceptors (Lipinski definition) is 7. The lowest BCUT2D eigenvalue weighted by Crippen LogP contribution is -2.46. The molecule has 31 heavy (non-hydrogen) atoms. The second kappa shape index (κ2) is 8.10. The van der Waals surface area contributed by atoms with Crippen molar-refractivity contribution >= 4 is 21.8 Å². The van der Waals surface area contributed by atoms with Gasteiger partial charge in [0.15, 0.2) is 0 Å². The van der Waals surface area contributed by atoms with Crippen molar-refractivity contribution in [2.75, 3.05) is 13.2 Å². The Hall–Kier alpha value is -3.27. The molecule has 0 aromatic heterocycles. The van der Waals surface area contributed by atoms with Crippen molar-refractivity contribution in [1.29, 1.82) is 0 Å². The summed E-state index contributed by atoms with van der Waals surface area (Å²) >= 11 is 0. The number of nitrogens with two attached hydrogens (primary N) is 1. The summed E-state index contributed by atoms with van der Waals surface area (Å²) in [4.78, 5) is 14.7. The van der Waals surface area contributed by atoms with Crippen LogP contribution in [-0.2, 0) is 15.8 Å². The predicted octanol–water partition coefficient (Wildman–Crippen LogP) is 1.72. The van der Waals surface area contributed by atoms with Crippen LogP contribution in [0.3, 0.4) is 0 Å². The fourth-order valence-electron chi connectivity index (χ4n) is 4.01. The average molecular weight is 445 g/mol. The van der Waals surface area contributed by atoms with Gasteiger partial charge in [0.1, 0.15) is 29.7 Å². The Balaban J connectivity index is 1.56. The Morgan fingerprint density at radius 2 is 2.03 bits per heavy atom. The Bertz CT molecular complexity index is 1160. The average Bonchev–Trinajstić information content (AvgIpc) is 2.72. The highest BCUT2D eigenvalue weighted by Crippen LogP contribution is 2.30. The number of carbonyl (C=O) groups excluding carboxylic acids is 1. The third kappa shape index (κ3) is 4.29. The van der Waals surface area contributed by atoms with Crippen LogP contribution in [0.15, 0.2) is 40.8 Å². The molecule has 1 amide bonds. The fourth-order valence-corrected chi connectivity index (χ4v) is 5.10. The predicted molar refractivity (Wildman–Crippen MR) is 114 cm³/mol. The van der Waals surface area contributed by atoms with Gasteiger partial charge in [-0.2, -0.15) is 0 Å². The summed E-state index contributed by atoms with van der Waals surface area (Å²) in [5.41, 5.74) is 6.90. The summed E-state index contributed by atoms with van der Waals surface area (Å²) in [7, 11) is -3.65. The van der Waals surface area contributed by atoms with Gasteiger partial charge in [0, 0.05) is 6.54 Å². The van der Waals surface area contributed by atoms with E-state index in [0.717, 1.165) is 12.8 Å². The topological polar surface area (TPSA) is 143 Å². The molecule has 4 rings (SSSR count). The van der Waals surface area contributed by atoms with Crippen LogP contribution in [0.25, 0.3) is 0 Å². The minimum absolute atomic E-state index is 0.0329. The lowest BCUT2D eigenvalue weighted by Gasteiger charge is -2.36. The first-order chi connectivity index (χ1) is 14.7. The molecule has 4 N–H and O–H groups in total. The van der Waals surface area contributed by atoms with Gasteiger partial charge >= 0.3 is 0 Å². The van der Waals surface area contributed by atoms with Gasteiger partial charge < -0.3 is 25.6 Å². The van der Waals surface area contributed by atoms with Crippen molar-refractivity contribution in [2.45, 2.75) is 31.1 Å². The first-order valence-electron chi connectivity index (χ1n) is 9.91. The minimum Gasteiger partial charge on any atom is -0.508 e. The van der Waals surface area contributed by atoms with Crippen molar-refractivity contribution in [3.8, 4) is 17.2 Å². The molecule has 164 valence electrons. The molecule has 1 atom stereocenters. The van der Waals surface area contributed by atoms with Crippen LogP contribution in [0.4, 0.5) is 0 Å². The molecule has 10 heteroatoms. The zero-order chi connectivity index (χ0) is 22.2. The number of fused-ring (bicyclic) bond motifs is 1. The normalized spacial score (nSPS) is 19.9. The maximum Gasteiger partial charge on any atom is 0.259 e. The summed E-state index contributed by atoms with van der Waals surface area (Å²) in [6.07, 6.45) is 2.44. The van der Waals surface area contributed by atoms with E-state index in [9.17, 15) is 23.4 Å². The van der Waals surface area contributed by atoms with Gasteiger partial charge in [-0.05, 0) is 49.1 Å². The lowest BCUT2D eigenvalue weighted by molar-refractivity contribution is 0.0525. The van der Waals surface area contributed by atoms with Crippen molar-refractivity contribution in [3.05, 3.63) is 53.1 Å². The van der Waals surface area contributed by atoms with Gasteiger partial charge in [0.25, 0.3) is 15.9 Å². The van der Waals surface area contributed by atoms with Crippen LogP contribution < -0.4 is 10.5 Å². The van der Waals surface area contributed by atoms with Crippen LogP contribution in [0, 0.1) is 0 Å². The molecule has 2 aromatic rings. The number of rotatable bonds is 4. The number of hydrogen-bond donors (Lipinski definition) is 3. The number of ether oxygens (including phenoxy) is 1. The van der Waals surface area contributed by atoms with Crippen molar-refractivity contribution < 1.29 is 28.2 Å². The number of likely N-dealkylation sites (tertiary alicyclic amines) is 1. The third-order valence-electron chi connectivity index (χ3n) is 5.47. The number of carbonyl (C=O) groups is 1. The van der Waals surface area contributed by atoms with E-state index in [4.69, 9.17) is 10.5 Å². The van der Waals surface area contributed by atoms with E-state index in [0.29, 0.717) is 29.8 Å². The number of phenolic OH excluding ortho intramolecular Hbond substituents is 2. The van der Waals surface area contributed by atoms with E-state index in [-0.39, 0.29) is 47.2 Å². The second-order valence-corrected chi connectivity index (χ2v) is 9.29. The van der Waals surface area contributed by atoms with E-state index in [1.54, 1.807) is 23.1 Å². The summed E-state index contributed by atoms with van der Waals surface area (Å²) in [6.45, 7) is 0.665. The lowest BCUT2D eigenvalue weighted by atomic mass is 10.0. The molecule has 0 radical (unpaired) electrons. The molecule has 1 saturated heterocycles. The van der Waals surface area contributed by atoms with E-state index in [2.05, 4.69) is 4.40 Å². The standard InChI is InChI=1S/C21H23N3O6S/c22-20-19-13(12-31(28,29)23-20)4-3-6-18(19)30-11-14-5-1-2-9-24(14)21(27)16-10-15(25)7-8-17(16)26/h3-4,6-8,10,14,25-26H,1-2,5,9,11-12H2,(H2,22,23)/t14-/m1/s1. The third-order valence-corrected chi connectivity index (χ3v) is 6.62. The molecule has 9 nitrogen and oxygen atoms in total. The summed E-state index contributed by atoms with van der Waals surface area (Å²) in [6, 6.07) is 8.63. The number of piperidine rings is 1. The Morgan fingerprint density at radius 3 is 2.84 bits per heavy atom. The highest BCUT2D eigenvalue weighted by Gasteiger charge is 2.31. The highest BCUT2D eigenvalue weighted by atomic mass is 32.2. The molecule has 0 aliphatic carbocycles. The molecule has 2 aromatic carbocycles. The van der Waals surface area contributed by atoms with Gasteiger partial charge in [0.2, 0.25) is 0 Å². The molecule has 0 spiro atoms. The largest absolute Gasteiger partial charge is 0.508 e. The van der Waals surface area contributed by atoms with Crippen LogP contribution >= 0.6 is 0 Å². The fraction of sp³-hybridized carbons (Fsp3) is 0.333. The monoisotopic (exact) mass is 445 g/mol. The van der Waals surface area contributed by atoms with Crippen LogP contribution in [-0.4, -0.2) is 54.5 Å². The second-order valence-electron chi connectivity index (χ2n) is 7.65. The molecule has 2 aliphatic heterocycles. The Labute approximate surface area is 179 Å². The number of sulfonamides is 1. The SMILES string of the molecule is NC1=NS(=O)(=O)Cc2cccc(OC[C@H]3CCCCN3C(=O)c3cc(O)ccc3O)c21. The summed E-state index contributed by atoms with van der Waals surface area (Å²) in [5, 5.41) is 19.8. The zero-order valence-electron chi connectivity index (χ0n) is 16.7. The van der Waals surface area contributed by atoms with Gasteiger partial charge in [-0.1, -0.05) is 12.1 Å². The van der Waals surface area contributed by atoms with E-state index >= 15 is 0 Å². The van der Waals surface area contributed by atoms with Crippen LogP contribution in [0.5, 0.6) is 17.2 Å². The summed E-state index contributed by atoms with van der Waals surface area (Å²) < 4.78 is 33.3. The Morgan fingerprint density at radius 1 is 1.23 bits per heavy atom. The molecule has 1 fully saturated rings. The number of benzene rings is 2. The van der Waals surface area contributed by atoms with Crippen LogP contribution in [0.1, 0.15) is 40.7 Å². The van der Waals surface area contributed by atoms with Crippen molar-refractivity contribution in [1.82, 2.24) is 4.90 Å². The maximum atomic E-state index is 13.0. The molecular formula is C21H23N3O6S. The molecule has 2 heterocycles. The molecule has 0 bridgehead atoms. The van der Waals surface area contributed by atoms with Gasteiger partial charge in [-0.25, -0.2) is 8.42 Å². The van der Waals surface area contributed by atoms with E-state index in [1.807, 2.05) is 0 Å². The first kappa shape index (κ1) is 21.0. The number of amides is 1. The minimum atomic E-state index is -3.65. The zero-order valence-corrected chi connectivity index (χ0v) is 17.5. The Kier molecular flexibility index (Phi) is 5.48. The van der Waals surface area contributed by atoms with E-state index in [1.165, 1.54) is 18.2 Å². The quantitative estimate of drug-likeness (QED) is 0.608. The number of aromatic hydroxyl groups is 2. The summed E-state index contributed by atoms with van der Waals surface area (Å²) in [5.74, 6) is -0.638. The van der Waals surface area contributed by atoms with E-state index < -0.39 is 10.0 Å². The van der Waals surface area contributed by atoms with Crippen molar-refractivity contribution in [2.24, 2.45) is 10.1 Å².